The summed E-state index contributed by atoms with van der Waals surface area (Å²) in [6.07, 6.45) is 0.0756. The molecule has 0 unspecified atom stereocenters. The molecule has 0 bridgehead atoms. The largest absolute Gasteiger partial charge is 0.491 e. The number of primary amides is 1. The number of amides is 1. The number of nitrogens with zero attached hydrogens (tertiary/aromatic N) is 2. The van der Waals surface area contributed by atoms with Gasteiger partial charge in [0, 0.05) is 5.56 Å². The van der Waals surface area contributed by atoms with Crippen molar-refractivity contribution in [3.8, 4) is 17.1 Å². The van der Waals surface area contributed by atoms with Gasteiger partial charge >= 0.3 is 11.8 Å². The second kappa shape index (κ2) is 4.87. The molecule has 0 aliphatic heterocycles. The topological polar surface area (TPSA) is 91.2 Å². The van der Waals surface area contributed by atoms with Crippen molar-refractivity contribution >= 4 is 5.91 Å². The van der Waals surface area contributed by atoms with Crippen LogP contribution in [0.3, 0.4) is 0 Å². The Balaban J connectivity index is 2.29. The zero-order valence-corrected chi connectivity index (χ0v) is 10.1. The van der Waals surface area contributed by atoms with Crippen molar-refractivity contribution in [2.24, 2.45) is 5.73 Å². The van der Waals surface area contributed by atoms with Crippen molar-refractivity contribution in [3.63, 3.8) is 0 Å². The van der Waals surface area contributed by atoms with E-state index >= 15 is 0 Å². The summed E-state index contributed by atoms with van der Waals surface area (Å²) in [5.74, 6) is 0.0504. The third-order valence-electron chi connectivity index (χ3n) is 2.10. The SMILES string of the molecule is CC(C)Oc1cccc(-c2noc(C(N)=O)n2)c1. The first kappa shape index (κ1) is 12.1. The highest BCUT2D eigenvalue weighted by Crippen LogP contribution is 2.22. The molecule has 0 fully saturated rings. The van der Waals surface area contributed by atoms with Gasteiger partial charge in [0.25, 0.3) is 0 Å². The van der Waals surface area contributed by atoms with E-state index in [0.29, 0.717) is 17.1 Å². The van der Waals surface area contributed by atoms with Gasteiger partial charge in [-0.15, -0.1) is 0 Å². The summed E-state index contributed by atoms with van der Waals surface area (Å²) in [7, 11) is 0. The zero-order valence-electron chi connectivity index (χ0n) is 10.1. The van der Waals surface area contributed by atoms with Crippen LogP contribution in [0.2, 0.25) is 0 Å². The van der Waals surface area contributed by atoms with Crippen LogP contribution in [0.4, 0.5) is 0 Å². The van der Waals surface area contributed by atoms with Crippen molar-refractivity contribution in [2.45, 2.75) is 20.0 Å². The molecule has 1 amide bonds. The van der Waals surface area contributed by atoms with Crippen molar-refractivity contribution in [1.82, 2.24) is 10.1 Å². The summed E-state index contributed by atoms with van der Waals surface area (Å²) in [5.41, 5.74) is 5.74. The Kier molecular flexibility index (Phi) is 3.27. The van der Waals surface area contributed by atoms with Crippen LogP contribution in [0, 0.1) is 0 Å². The van der Waals surface area contributed by atoms with Crippen LogP contribution in [0.15, 0.2) is 28.8 Å². The summed E-state index contributed by atoms with van der Waals surface area (Å²) in [4.78, 5) is 14.8. The first-order valence-corrected chi connectivity index (χ1v) is 5.47. The van der Waals surface area contributed by atoms with Crippen LogP contribution in [0.25, 0.3) is 11.4 Å². The van der Waals surface area contributed by atoms with Gasteiger partial charge in [-0.3, -0.25) is 4.79 Å². The molecule has 6 nitrogen and oxygen atoms in total. The minimum atomic E-state index is -0.747. The molecule has 2 N–H and O–H groups in total. The molecule has 0 aliphatic rings. The highest BCUT2D eigenvalue weighted by atomic mass is 16.5. The van der Waals surface area contributed by atoms with Crippen LogP contribution in [-0.2, 0) is 0 Å². The Labute approximate surface area is 104 Å². The van der Waals surface area contributed by atoms with Gasteiger partial charge in [0.1, 0.15) is 5.75 Å². The second-order valence-corrected chi connectivity index (χ2v) is 3.98. The quantitative estimate of drug-likeness (QED) is 0.886. The van der Waals surface area contributed by atoms with Crippen LogP contribution in [0.1, 0.15) is 24.5 Å². The standard InChI is InChI=1S/C12H13N3O3/c1-7(2)17-9-5-3-4-8(6-9)11-14-12(10(13)16)18-15-11/h3-7H,1-2H3,(H2,13,16). The lowest BCUT2D eigenvalue weighted by atomic mass is 10.2. The lowest BCUT2D eigenvalue weighted by Gasteiger charge is -2.09. The van der Waals surface area contributed by atoms with Gasteiger partial charge < -0.3 is 15.0 Å². The van der Waals surface area contributed by atoms with Crippen LogP contribution >= 0.6 is 0 Å². The van der Waals surface area contributed by atoms with Crippen LogP contribution in [-0.4, -0.2) is 22.2 Å². The summed E-state index contributed by atoms with van der Waals surface area (Å²) in [5, 5.41) is 3.69. The fourth-order valence-corrected chi connectivity index (χ4v) is 1.42. The fourth-order valence-electron chi connectivity index (χ4n) is 1.42. The van der Waals surface area contributed by atoms with E-state index in [0.717, 1.165) is 0 Å². The smallest absolute Gasteiger partial charge is 0.316 e. The monoisotopic (exact) mass is 247 g/mol. The van der Waals surface area contributed by atoms with Crippen molar-refractivity contribution in [2.75, 3.05) is 0 Å². The second-order valence-electron chi connectivity index (χ2n) is 3.98. The molecular weight excluding hydrogens is 234 g/mol. The first-order valence-electron chi connectivity index (χ1n) is 5.47. The molecule has 18 heavy (non-hydrogen) atoms. The Hall–Kier alpha value is -2.37. The number of nitrogens with two attached hydrogens (primary N) is 1. The number of aromatic nitrogens is 2. The van der Waals surface area contributed by atoms with E-state index in [1.165, 1.54) is 0 Å². The van der Waals surface area contributed by atoms with E-state index in [9.17, 15) is 4.79 Å². The van der Waals surface area contributed by atoms with Crippen molar-refractivity contribution in [3.05, 3.63) is 30.2 Å². The highest BCUT2D eigenvalue weighted by molar-refractivity contribution is 5.88. The Morgan fingerprint density at radius 2 is 2.22 bits per heavy atom. The van der Waals surface area contributed by atoms with Crippen LogP contribution < -0.4 is 10.5 Å². The summed E-state index contributed by atoms with van der Waals surface area (Å²) < 4.78 is 10.3. The molecule has 0 saturated heterocycles. The number of carbonyl (C=O) groups is 1. The normalized spacial score (nSPS) is 10.6. The number of carbonyl (C=O) groups excluding carboxylic acids is 1. The van der Waals surface area contributed by atoms with Gasteiger partial charge in [-0.05, 0) is 26.0 Å². The Morgan fingerprint density at radius 3 is 2.83 bits per heavy atom. The van der Waals surface area contributed by atoms with Gasteiger partial charge in [-0.25, -0.2) is 0 Å². The third-order valence-corrected chi connectivity index (χ3v) is 2.10. The predicted molar refractivity (Wildman–Crippen MR) is 64.0 cm³/mol. The maximum absolute atomic E-state index is 10.9. The average molecular weight is 247 g/mol. The summed E-state index contributed by atoms with van der Waals surface area (Å²) in [6.45, 7) is 3.87. The minimum absolute atomic E-state index is 0.0756. The summed E-state index contributed by atoms with van der Waals surface area (Å²) in [6, 6.07) is 7.21. The molecule has 2 rings (SSSR count). The lowest BCUT2D eigenvalue weighted by Crippen LogP contribution is -2.11. The summed E-state index contributed by atoms with van der Waals surface area (Å²) >= 11 is 0. The number of ether oxygens (including phenoxy) is 1. The minimum Gasteiger partial charge on any atom is -0.491 e. The number of hydrogen-bond acceptors (Lipinski definition) is 5. The maximum Gasteiger partial charge on any atom is 0.316 e. The number of benzene rings is 1. The molecular formula is C12H13N3O3. The maximum atomic E-state index is 10.9. The molecule has 0 atom stereocenters. The molecule has 6 heteroatoms. The van der Waals surface area contributed by atoms with Gasteiger partial charge in [-0.2, -0.15) is 4.98 Å². The first-order chi connectivity index (χ1) is 8.56. The Bertz CT molecular complexity index is 563. The molecule has 1 heterocycles. The van der Waals surface area contributed by atoms with Gasteiger partial charge in [0.15, 0.2) is 0 Å². The number of rotatable bonds is 4. The lowest BCUT2D eigenvalue weighted by molar-refractivity contribution is 0.0958. The molecule has 1 aromatic heterocycles. The Morgan fingerprint density at radius 1 is 1.44 bits per heavy atom. The van der Waals surface area contributed by atoms with E-state index in [-0.39, 0.29) is 12.0 Å². The van der Waals surface area contributed by atoms with E-state index in [2.05, 4.69) is 10.1 Å². The predicted octanol–water partition coefficient (Wildman–Crippen LogP) is 1.62. The van der Waals surface area contributed by atoms with Crippen molar-refractivity contribution in [1.29, 1.82) is 0 Å². The molecule has 2 aromatic rings. The molecule has 0 radical (unpaired) electrons. The average Bonchev–Trinajstić information content (AvgIpc) is 2.77. The van der Waals surface area contributed by atoms with Gasteiger partial charge in [0.2, 0.25) is 5.82 Å². The molecule has 0 aliphatic carbocycles. The number of hydrogen-bond donors (Lipinski definition) is 1. The fraction of sp³-hybridized carbons (Fsp3) is 0.250. The molecule has 1 aromatic carbocycles. The van der Waals surface area contributed by atoms with E-state index in [1.807, 2.05) is 26.0 Å². The zero-order chi connectivity index (χ0) is 13.1. The third kappa shape index (κ3) is 2.65. The van der Waals surface area contributed by atoms with Gasteiger partial charge in [0.05, 0.1) is 6.10 Å². The highest BCUT2D eigenvalue weighted by Gasteiger charge is 2.13. The molecule has 94 valence electrons. The molecule has 0 spiro atoms. The van der Waals surface area contributed by atoms with Crippen molar-refractivity contribution < 1.29 is 14.1 Å². The van der Waals surface area contributed by atoms with Gasteiger partial charge in [-0.1, -0.05) is 17.3 Å². The van der Waals surface area contributed by atoms with E-state index < -0.39 is 5.91 Å². The van der Waals surface area contributed by atoms with E-state index in [4.69, 9.17) is 15.0 Å². The van der Waals surface area contributed by atoms with E-state index in [1.54, 1.807) is 12.1 Å². The molecule has 0 saturated carbocycles. The van der Waals surface area contributed by atoms with Crippen LogP contribution in [0.5, 0.6) is 5.75 Å².